The van der Waals surface area contributed by atoms with Crippen LogP contribution in [0.1, 0.15) is 32.5 Å². The molecule has 0 aliphatic rings. The van der Waals surface area contributed by atoms with Crippen molar-refractivity contribution >= 4 is 11.7 Å². The van der Waals surface area contributed by atoms with Gasteiger partial charge in [0.1, 0.15) is 11.2 Å². The van der Waals surface area contributed by atoms with Gasteiger partial charge in [-0.2, -0.15) is 0 Å². The smallest absolute Gasteiger partial charge is 0.234 e. The third-order valence-corrected chi connectivity index (χ3v) is 3.21. The number of amides is 1. The number of oxime groups is 1. The number of H-pyrrole nitrogens is 1. The van der Waals surface area contributed by atoms with E-state index in [1.807, 2.05) is 13.8 Å². The Kier molecular flexibility index (Phi) is 4.70. The van der Waals surface area contributed by atoms with Gasteiger partial charge in [-0.25, -0.2) is 4.98 Å². The van der Waals surface area contributed by atoms with Gasteiger partial charge in [-0.3, -0.25) is 4.79 Å². The molecule has 1 heterocycles. The Labute approximate surface area is 105 Å². The monoisotopic (exact) mass is 253 g/mol. The quantitative estimate of drug-likeness (QED) is 0.257. The highest BCUT2D eigenvalue weighted by atomic mass is 16.4. The minimum absolute atomic E-state index is 0.0653. The van der Waals surface area contributed by atoms with Gasteiger partial charge in [0.05, 0.1) is 6.54 Å². The Balaban J connectivity index is 2.77. The van der Waals surface area contributed by atoms with Crippen molar-refractivity contribution in [3.05, 3.63) is 18.2 Å². The second kappa shape index (κ2) is 6.04. The summed E-state index contributed by atoms with van der Waals surface area (Å²) in [5.41, 5.74) is 4.67. The summed E-state index contributed by atoms with van der Waals surface area (Å²) in [6.07, 6.45) is 4.21. The molecule has 0 aliphatic carbocycles. The molecule has 7 heteroatoms. The van der Waals surface area contributed by atoms with E-state index in [1.165, 1.54) is 0 Å². The van der Waals surface area contributed by atoms with Crippen molar-refractivity contribution in [2.24, 2.45) is 16.3 Å². The molecule has 1 amide bonds. The molecule has 1 aromatic rings. The topological polar surface area (TPSA) is 116 Å². The lowest BCUT2D eigenvalue weighted by atomic mass is 9.80. The van der Waals surface area contributed by atoms with Gasteiger partial charge in [-0.05, 0) is 12.8 Å². The molecule has 18 heavy (non-hydrogen) atoms. The maximum absolute atomic E-state index is 12.2. The molecular weight excluding hydrogens is 234 g/mol. The van der Waals surface area contributed by atoms with E-state index in [2.05, 4.69) is 20.4 Å². The van der Waals surface area contributed by atoms with Gasteiger partial charge >= 0.3 is 0 Å². The normalized spacial score (nSPS) is 12.4. The summed E-state index contributed by atoms with van der Waals surface area (Å²) in [6, 6.07) is 0. The zero-order valence-corrected chi connectivity index (χ0v) is 10.6. The fourth-order valence-corrected chi connectivity index (χ4v) is 1.87. The summed E-state index contributed by atoms with van der Waals surface area (Å²) >= 11 is 0. The Morgan fingerprint density at radius 3 is 2.72 bits per heavy atom. The van der Waals surface area contributed by atoms with Gasteiger partial charge < -0.3 is 21.2 Å². The van der Waals surface area contributed by atoms with E-state index in [-0.39, 0.29) is 18.3 Å². The summed E-state index contributed by atoms with van der Waals surface area (Å²) in [7, 11) is 0. The van der Waals surface area contributed by atoms with E-state index in [0.29, 0.717) is 18.7 Å². The third kappa shape index (κ3) is 2.61. The van der Waals surface area contributed by atoms with Gasteiger partial charge in [0.25, 0.3) is 0 Å². The van der Waals surface area contributed by atoms with Crippen LogP contribution in [0.5, 0.6) is 0 Å². The highest BCUT2D eigenvalue weighted by Crippen LogP contribution is 2.27. The lowest BCUT2D eigenvalue weighted by Crippen LogP contribution is -2.49. The van der Waals surface area contributed by atoms with Crippen molar-refractivity contribution in [1.29, 1.82) is 0 Å². The third-order valence-electron chi connectivity index (χ3n) is 3.21. The summed E-state index contributed by atoms with van der Waals surface area (Å²) in [5.74, 6) is 0.326. The Morgan fingerprint density at radius 2 is 2.28 bits per heavy atom. The predicted molar refractivity (Wildman–Crippen MR) is 66.9 cm³/mol. The molecule has 0 bridgehead atoms. The number of rotatable bonds is 6. The van der Waals surface area contributed by atoms with Gasteiger partial charge in [-0.1, -0.05) is 19.0 Å². The van der Waals surface area contributed by atoms with E-state index < -0.39 is 5.41 Å². The molecule has 0 saturated heterocycles. The van der Waals surface area contributed by atoms with E-state index in [1.54, 1.807) is 12.4 Å². The van der Waals surface area contributed by atoms with Crippen LogP contribution in [0.2, 0.25) is 0 Å². The minimum Gasteiger partial charge on any atom is -0.409 e. The number of aromatic amines is 1. The molecule has 0 aliphatic heterocycles. The minimum atomic E-state index is -0.971. The van der Waals surface area contributed by atoms with Crippen molar-refractivity contribution in [3.8, 4) is 0 Å². The van der Waals surface area contributed by atoms with Gasteiger partial charge in [0.2, 0.25) is 5.91 Å². The summed E-state index contributed by atoms with van der Waals surface area (Å²) in [6.45, 7) is 3.94. The number of amidine groups is 1. The number of nitrogens with two attached hydrogens (primary N) is 1. The molecular formula is C11H19N5O2. The average molecular weight is 253 g/mol. The van der Waals surface area contributed by atoms with Crippen molar-refractivity contribution in [1.82, 2.24) is 15.3 Å². The largest absolute Gasteiger partial charge is 0.409 e. The zero-order chi connectivity index (χ0) is 13.6. The first-order valence-corrected chi connectivity index (χ1v) is 5.85. The second-order valence-electron chi connectivity index (χ2n) is 3.99. The molecule has 7 nitrogen and oxygen atoms in total. The summed E-state index contributed by atoms with van der Waals surface area (Å²) < 4.78 is 0. The number of aromatic nitrogens is 2. The molecule has 1 aromatic heterocycles. The van der Waals surface area contributed by atoms with Crippen LogP contribution in [0.15, 0.2) is 17.5 Å². The van der Waals surface area contributed by atoms with Gasteiger partial charge in [-0.15, -0.1) is 0 Å². The highest BCUT2D eigenvalue weighted by molar-refractivity contribution is 6.06. The van der Waals surface area contributed by atoms with E-state index in [4.69, 9.17) is 10.9 Å². The lowest BCUT2D eigenvalue weighted by molar-refractivity contribution is -0.128. The molecule has 100 valence electrons. The van der Waals surface area contributed by atoms with Gasteiger partial charge in [0, 0.05) is 12.4 Å². The van der Waals surface area contributed by atoms with Crippen LogP contribution < -0.4 is 11.1 Å². The summed E-state index contributed by atoms with van der Waals surface area (Å²) in [4.78, 5) is 19.1. The van der Waals surface area contributed by atoms with Crippen LogP contribution in [-0.4, -0.2) is 26.9 Å². The molecule has 1 rings (SSSR count). The molecule has 0 saturated carbocycles. The van der Waals surface area contributed by atoms with Crippen molar-refractivity contribution in [2.75, 3.05) is 0 Å². The fourth-order valence-electron chi connectivity index (χ4n) is 1.87. The first-order chi connectivity index (χ1) is 8.60. The first kappa shape index (κ1) is 14.0. The van der Waals surface area contributed by atoms with Crippen molar-refractivity contribution < 1.29 is 10.0 Å². The number of imidazole rings is 1. The van der Waals surface area contributed by atoms with Crippen LogP contribution in [0.25, 0.3) is 0 Å². The lowest BCUT2D eigenvalue weighted by Gasteiger charge is -2.28. The maximum Gasteiger partial charge on any atom is 0.234 e. The molecule has 0 aromatic carbocycles. The Hall–Kier alpha value is -2.05. The fraction of sp³-hybridized carbons (Fsp3) is 0.545. The van der Waals surface area contributed by atoms with E-state index >= 15 is 0 Å². The van der Waals surface area contributed by atoms with Crippen molar-refractivity contribution in [3.63, 3.8) is 0 Å². The number of nitrogens with zero attached hydrogens (tertiary/aromatic N) is 2. The molecule has 0 unspecified atom stereocenters. The highest BCUT2D eigenvalue weighted by Gasteiger charge is 2.39. The standard InChI is InChI=1S/C11H19N5O2/c1-3-11(4-2,9(12)16-18)10(17)15-7-8-13-5-6-14-8/h5-6,18H,3-4,7H2,1-2H3,(H2,12,16)(H,13,14)(H,15,17). The maximum atomic E-state index is 12.2. The van der Waals surface area contributed by atoms with Crippen LogP contribution in [0.4, 0.5) is 0 Å². The zero-order valence-electron chi connectivity index (χ0n) is 10.6. The molecule has 0 fully saturated rings. The molecule has 0 spiro atoms. The molecule has 5 N–H and O–H groups in total. The summed E-state index contributed by atoms with van der Waals surface area (Å²) in [5, 5.41) is 14.5. The first-order valence-electron chi connectivity index (χ1n) is 5.85. The second-order valence-corrected chi connectivity index (χ2v) is 3.99. The molecule has 0 atom stereocenters. The van der Waals surface area contributed by atoms with Gasteiger partial charge in [0.15, 0.2) is 5.84 Å². The van der Waals surface area contributed by atoms with Crippen LogP contribution >= 0.6 is 0 Å². The number of hydrogen-bond donors (Lipinski definition) is 4. The number of nitrogens with one attached hydrogen (secondary N) is 2. The average Bonchev–Trinajstić information content (AvgIpc) is 2.91. The Morgan fingerprint density at radius 1 is 1.61 bits per heavy atom. The van der Waals surface area contributed by atoms with Crippen molar-refractivity contribution in [2.45, 2.75) is 33.2 Å². The Bertz CT molecular complexity index is 409. The van der Waals surface area contributed by atoms with Crippen LogP contribution in [0.3, 0.4) is 0 Å². The van der Waals surface area contributed by atoms with E-state index in [0.717, 1.165) is 0 Å². The van der Waals surface area contributed by atoms with Crippen LogP contribution in [0, 0.1) is 5.41 Å². The number of carbonyl (C=O) groups is 1. The van der Waals surface area contributed by atoms with E-state index in [9.17, 15) is 4.79 Å². The predicted octanol–water partition coefficient (Wildman–Crippen LogP) is 0.579. The number of hydrogen-bond acceptors (Lipinski definition) is 4. The SMILES string of the molecule is CCC(CC)(C(=O)NCc1ncc[nH]1)C(N)=NO. The van der Waals surface area contributed by atoms with Crippen LogP contribution in [-0.2, 0) is 11.3 Å². The molecule has 0 radical (unpaired) electrons. The number of carbonyl (C=O) groups excluding carboxylic acids is 1.